The summed E-state index contributed by atoms with van der Waals surface area (Å²) in [6, 6.07) is 27.4. The third-order valence-corrected chi connectivity index (χ3v) is 6.21. The Hall–Kier alpha value is -4.35. The number of fused-ring (bicyclic) bond motifs is 1. The van der Waals surface area contributed by atoms with Gasteiger partial charge < -0.3 is 15.2 Å². The van der Waals surface area contributed by atoms with Gasteiger partial charge in [0.05, 0.1) is 11.4 Å². The van der Waals surface area contributed by atoms with Gasteiger partial charge in [0.25, 0.3) is 5.56 Å². The lowest BCUT2D eigenvalue weighted by Gasteiger charge is -2.10. The van der Waals surface area contributed by atoms with E-state index in [0.29, 0.717) is 27.2 Å². The topological polar surface area (TPSA) is 90.4 Å². The number of phenols is 1. The van der Waals surface area contributed by atoms with Gasteiger partial charge in [0.1, 0.15) is 5.75 Å². The molecule has 0 unspecified atom stereocenters. The number of rotatable bonds is 5. The first-order valence-corrected chi connectivity index (χ1v) is 11.3. The molecular weight excluding hydrogens is 462 g/mol. The first-order chi connectivity index (χ1) is 16.9. The van der Waals surface area contributed by atoms with Crippen molar-refractivity contribution in [1.82, 2.24) is 4.98 Å². The van der Waals surface area contributed by atoms with Crippen molar-refractivity contribution in [3.8, 4) is 39.1 Å². The van der Waals surface area contributed by atoms with E-state index < -0.39 is 5.97 Å². The Morgan fingerprint density at radius 2 is 1.46 bits per heavy atom. The van der Waals surface area contributed by atoms with Crippen LogP contribution < -0.4 is 5.56 Å². The number of nitrogens with one attached hydrogen (secondary N) is 1. The van der Waals surface area contributed by atoms with E-state index >= 15 is 0 Å². The van der Waals surface area contributed by atoms with Gasteiger partial charge in [0.15, 0.2) is 0 Å². The molecule has 35 heavy (non-hydrogen) atoms. The number of aromatic amines is 1. The SMILES string of the molecule is O=C(O)Cc1cccc(-c2cc3cc(-c4ccc(-c5cccc(O)c5)cc4)c(Cl)cc3[nH]c2=O)c1. The molecule has 0 aliphatic carbocycles. The van der Waals surface area contributed by atoms with Gasteiger partial charge in [-0.3, -0.25) is 9.59 Å². The van der Waals surface area contributed by atoms with E-state index in [1.165, 1.54) is 0 Å². The molecule has 4 aromatic carbocycles. The highest BCUT2D eigenvalue weighted by molar-refractivity contribution is 6.34. The smallest absolute Gasteiger partial charge is 0.307 e. The van der Waals surface area contributed by atoms with Gasteiger partial charge in [-0.25, -0.2) is 0 Å². The molecule has 5 rings (SSSR count). The molecule has 0 aliphatic heterocycles. The van der Waals surface area contributed by atoms with Crippen LogP contribution in [0, 0.1) is 0 Å². The summed E-state index contributed by atoms with van der Waals surface area (Å²) in [5.41, 5.74) is 5.68. The maximum atomic E-state index is 12.8. The normalized spacial score (nSPS) is 11.0. The average Bonchev–Trinajstić information content (AvgIpc) is 2.83. The van der Waals surface area contributed by atoms with Gasteiger partial charge in [-0.15, -0.1) is 0 Å². The molecule has 0 fully saturated rings. The number of pyridine rings is 1. The largest absolute Gasteiger partial charge is 0.508 e. The van der Waals surface area contributed by atoms with Crippen LogP contribution in [0.1, 0.15) is 5.56 Å². The number of carboxylic acids is 1. The van der Waals surface area contributed by atoms with Crippen molar-refractivity contribution in [3.05, 3.63) is 112 Å². The number of carbonyl (C=O) groups is 1. The van der Waals surface area contributed by atoms with Crippen LogP contribution in [-0.2, 0) is 11.2 Å². The highest BCUT2D eigenvalue weighted by atomic mass is 35.5. The molecule has 0 aliphatic rings. The summed E-state index contributed by atoms with van der Waals surface area (Å²) in [7, 11) is 0. The zero-order chi connectivity index (χ0) is 24.5. The van der Waals surface area contributed by atoms with E-state index in [9.17, 15) is 14.7 Å². The zero-order valence-corrected chi connectivity index (χ0v) is 19.2. The number of carboxylic acid groups (broad SMARTS) is 1. The molecule has 0 saturated carbocycles. The highest BCUT2D eigenvalue weighted by Gasteiger charge is 2.12. The molecule has 172 valence electrons. The lowest BCUT2D eigenvalue weighted by molar-refractivity contribution is -0.136. The van der Waals surface area contributed by atoms with Gasteiger partial charge in [0, 0.05) is 16.6 Å². The Labute approximate surface area is 205 Å². The summed E-state index contributed by atoms with van der Waals surface area (Å²) >= 11 is 6.58. The summed E-state index contributed by atoms with van der Waals surface area (Å²) in [6.07, 6.45) is -0.113. The minimum atomic E-state index is -0.927. The predicted molar refractivity (Wildman–Crippen MR) is 139 cm³/mol. The molecule has 0 amide bonds. The van der Waals surface area contributed by atoms with Crippen molar-refractivity contribution < 1.29 is 15.0 Å². The van der Waals surface area contributed by atoms with Gasteiger partial charge in [-0.05, 0) is 63.5 Å². The Morgan fingerprint density at radius 3 is 2.20 bits per heavy atom. The predicted octanol–water partition coefficient (Wildman–Crippen LogP) is 6.52. The molecule has 3 N–H and O–H groups in total. The van der Waals surface area contributed by atoms with Crippen molar-refractivity contribution in [2.45, 2.75) is 6.42 Å². The number of phenolic OH excluding ortho intramolecular Hbond substituents is 1. The van der Waals surface area contributed by atoms with Crippen molar-refractivity contribution in [2.75, 3.05) is 0 Å². The third kappa shape index (κ3) is 4.67. The summed E-state index contributed by atoms with van der Waals surface area (Å²) in [6.45, 7) is 0. The summed E-state index contributed by atoms with van der Waals surface area (Å²) < 4.78 is 0. The molecule has 0 atom stereocenters. The van der Waals surface area contributed by atoms with Crippen LogP contribution >= 0.6 is 11.6 Å². The number of benzene rings is 4. The van der Waals surface area contributed by atoms with Crippen molar-refractivity contribution >= 4 is 28.5 Å². The quantitative estimate of drug-likeness (QED) is 0.266. The number of hydrogen-bond acceptors (Lipinski definition) is 3. The number of hydrogen-bond donors (Lipinski definition) is 3. The first-order valence-electron chi connectivity index (χ1n) is 10.9. The van der Waals surface area contributed by atoms with Gasteiger partial charge in [0.2, 0.25) is 0 Å². The maximum absolute atomic E-state index is 12.8. The average molecular weight is 482 g/mol. The number of H-pyrrole nitrogens is 1. The van der Waals surface area contributed by atoms with Crippen molar-refractivity contribution in [3.63, 3.8) is 0 Å². The van der Waals surface area contributed by atoms with Crippen LogP contribution in [0.4, 0.5) is 0 Å². The van der Waals surface area contributed by atoms with E-state index in [0.717, 1.165) is 27.6 Å². The van der Waals surface area contributed by atoms with Crippen LogP contribution in [-0.4, -0.2) is 21.2 Å². The second-order valence-electron chi connectivity index (χ2n) is 8.33. The Morgan fingerprint density at radius 1 is 0.771 bits per heavy atom. The van der Waals surface area contributed by atoms with Gasteiger partial charge in [-0.1, -0.05) is 72.3 Å². The maximum Gasteiger partial charge on any atom is 0.307 e. The van der Waals surface area contributed by atoms with E-state index in [-0.39, 0.29) is 17.7 Å². The molecule has 0 spiro atoms. The molecule has 0 bridgehead atoms. The van der Waals surface area contributed by atoms with Crippen LogP contribution in [0.2, 0.25) is 5.02 Å². The number of aromatic nitrogens is 1. The first kappa shape index (κ1) is 22.4. The third-order valence-electron chi connectivity index (χ3n) is 5.90. The number of halogens is 1. The Kier molecular flexibility index (Phi) is 5.85. The molecule has 0 radical (unpaired) electrons. The standard InChI is InChI=1S/C29H20ClNO4/c30-26-16-27-22(15-25(29(35)31-27)21-5-1-3-17(11-21)12-28(33)34)14-24(26)19-9-7-18(8-10-19)20-4-2-6-23(32)13-20/h1-11,13-16,32H,12H2,(H,31,35)(H,33,34). The monoisotopic (exact) mass is 481 g/mol. The van der Waals surface area contributed by atoms with E-state index in [1.54, 1.807) is 54.6 Å². The molecule has 5 nitrogen and oxygen atoms in total. The Bertz CT molecular complexity index is 1640. The molecule has 5 aromatic rings. The highest BCUT2D eigenvalue weighted by Crippen LogP contribution is 2.34. The zero-order valence-electron chi connectivity index (χ0n) is 18.5. The van der Waals surface area contributed by atoms with E-state index in [1.807, 2.05) is 36.4 Å². The lowest BCUT2D eigenvalue weighted by atomic mass is 9.97. The fourth-order valence-corrected chi connectivity index (χ4v) is 4.49. The Balaban J connectivity index is 1.56. The molecule has 1 heterocycles. The van der Waals surface area contributed by atoms with Gasteiger partial charge in [-0.2, -0.15) is 0 Å². The van der Waals surface area contributed by atoms with Crippen molar-refractivity contribution in [1.29, 1.82) is 0 Å². The van der Waals surface area contributed by atoms with Crippen molar-refractivity contribution in [2.24, 2.45) is 0 Å². The molecule has 1 aromatic heterocycles. The summed E-state index contributed by atoms with van der Waals surface area (Å²) in [5.74, 6) is -0.716. The van der Waals surface area contributed by atoms with Gasteiger partial charge >= 0.3 is 5.97 Å². The number of aromatic hydroxyl groups is 1. The lowest BCUT2D eigenvalue weighted by Crippen LogP contribution is -2.09. The second kappa shape index (κ2) is 9.12. The molecular formula is C29H20ClNO4. The summed E-state index contributed by atoms with van der Waals surface area (Å²) in [4.78, 5) is 26.8. The van der Waals surface area contributed by atoms with Crippen LogP contribution in [0.15, 0.2) is 95.8 Å². The van der Waals surface area contributed by atoms with E-state index in [2.05, 4.69) is 4.98 Å². The second-order valence-corrected chi connectivity index (χ2v) is 8.74. The fraction of sp³-hybridized carbons (Fsp3) is 0.0345. The van der Waals surface area contributed by atoms with E-state index in [4.69, 9.17) is 16.7 Å². The summed E-state index contributed by atoms with van der Waals surface area (Å²) in [5, 5.41) is 20.2. The number of aliphatic carboxylic acids is 1. The van der Waals surface area contributed by atoms with Crippen LogP contribution in [0.25, 0.3) is 44.3 Å². The fourth-order valence-electron chi connectivity index (χ4n) is 4.22. The van der Waals surface area contributed by atoms with Crippen LogP contribution in [0.5, 0.6) is 5.75 Å². The minimum absolute atomic E-state index is 0.113. The van der Waals surface area contributed by atoms with Crippen LogP contribution in [0.3, 0.4) is 0 Å². The minimum Gasteiger partial charge on any atom is -0.508 e. The molecule has 0 saturated heterocycles. The molecule has 6 heteroatoms.